The van der Waals surface area contributed by atoms with Gasteiger partial charge < -0.3 is 20.1 Å². The average Bonchev–Trinajstić information content (AvgIpc) is 2.87. The molecule has 0 radical (unpaired) electrons. The normalized spacial score (nSPS) is 14.5. The van der Waals surface area contributed by atoms with Gasteiger partial charge in [-0.05, 0) is 62.4 Å². The molecule has 3 aromatic rings. The molecule has 2 N–H and O–H groups in total. The van der Waals surface area contributed by atoms with Crippen LogP contribution in [0.1, 0.15) is 38.2 Å². The van der Waals surface area contributed by atoms with E-state index in [1.165, 1.54) is 0 Å². The predicted molar refractivity (Wildman–Crippen MR) is 141 cm³/mol. The molecule has 1 fully saturated rings. The highest BCUT2D eigenvalue weighted by atomic mass is 16.5. The lowest BCUT2D eigenvalue weighted by Gasteiger charge is -2.38. The third-order valence-electron chi connectivity index (χ3n) is 6.57. The number of amides is 2. The Morgan fingerprint density at radius 3 is 2.22 bits per heavy atom. The molecular formula is C30H32N2O5. The quantitative estimate of drug-likeness (QED) is 0.276. The Bertz CT molecular complexity index is 1210. The van der Waals surface area contributed by atoms with Gasteiger partial charge in [-0.1, -0.05) is 61.0 Å². The minimum atomic E-state index is -1.22. The van der Waals surface area contributed by atoms with E-state index in [1.54, 1.807) is 31.2 Å². The molecule has 37 heavy (non-hydrogen) atoms. The molecule has 2 amide bonds. The van der Waals surface area contributed by atoms with Gasteiger partial charge in [-0.25, -0.2) is 0 Å². The molecule has 0 saturated heterocycles. The Morgan fingerprint density at radius 1 is 0.892 bits per heavy atom. The minimum absolute atomic E-state index is 0.202. The van der Waals surface area contributed by atoms with E-state index < -0.39 is 23.3 Å². The van der Waals surface area contributed by atoms with Crippen LogP contribution in [0.15, 0.2) is 84.9 Å². The Kier molecular flexibility index (Phi) is 8.56. The van der Waals surface area contributed by atoms with Crippen molar-refractivity contribution in [2.45, 2.75) is 45.1 Å². The first-order chi connectivity index (χ1) is 18.0. The Morgan fingerprint density at radius 2 is 1.57 bits per heavy atom. The van der Waals surface area contributed by atoms with E-state index in [0.717, 1.165) is 12.0 Å². The van der Waals surface area contributed by atoms with E-state index in [9.17, 15) is 14.4 Å². The zero-order valence-corrected chi connectivity index (χ0v) is 20.9. The first kappa shape index (κ1) is 25.9. The number of esters is 1. The van der Waals surface area contributed by atoms with Crippen molar-refractivity contribution < 1.29 is 23.9 Å². The van der Waals surface area contributed by atoms with Crippen LogP contribution in [0.4, 0.5) is 5.69 Å². The largest absolute Gasteiger partial charge is 0.465 e. The standard InChI is InChI=1S/C30H32N2O5/c1-2-36-29(35)30(19-10-20-30)28(34)32-26(18-17-22-11-5-3-6-12-22)27(33)31-23-13-9-16-25(21-23)37-24-14-7-4-8-15-24/h3-9,11-16,21,26H,2,10,17-20H2,1H3,(H,31,33)(H,32,34). The Hall–Kier alpha value is -4.13. The molecule has 0 aliphatic heterocycles. The molecule has 192 valence electrons. The van der Waals surface area contributed by atoms with Crippen molar-refractivity contribution in [1.29, 1.82) is 0 Å². The fourth-order valence-electron chi connectivity index (χ4n) is 4.34. The predicted octanol–water partition coefficient (Wildman–Crippen LogP) is 5.27. The Balaban J connectivity index is 1.48. The van der Waals surface area contributed by atoms with Gasteiger partial charge in [-0.3, -0.25) is 14.4 Å². The summed E-state index contributed by atoms with van der Waals surface area (Å²) in [6.45, 7) is 1.92. The molecule has 7 heteroatoms. The van der Waals surface area contributed by atoms with Crippen LogP contribution in [0.25, 0.3) is 0 Å². The zero-order chi connectivity index (χ0) is 26.1. The number of ether oxygens (including phenoxy) is 2. The molecule has 1 atom stereocenters. The first-order valence-electron chi connectivity index (χ1n) is 12.7. The van der Waals surface area contributed by atoms with Gasteiger partial charge in [-0.2, -0.15) is 0 Å². The number of carbonyl (C=O) groups excluding carboxylic acids is 3. The van der Waals surface area contributed by atoms with Crippen molar-refractivity contribution >= 4 is 23.5 Å². The summed E-state index contributed by atoms with van der Waals surface area (Å²) in [6.07, 6.45) is 2.57. The van der Waals surface area contributed by atoms with Gasteiger partial charge in [0.05, 0.1) is 6.61 Å². The van der Waals surface area contributed by atoms with E-state index in [0.29, 0.717) is 42.9 Å². The summed E-state index contributed by atoms with van der Waals surface area (Å²) >= 11 is 0. The monoisotopic (exact) mass is 500 g/mol. The number of hydrogen-bond acceptors (Lipinski definition) is 5. The molecule has 0 aromatic heterocycles. The van der Waals surface area contributed by atoms with Crippen LogP contribution >= 0.6 is 0 Å². The number of hydrogen-bond donors (Lipinski definition) is 2. The maximum atomic E-state index is 13.4. The summed E-state index contributed by atoms with van der Waals surface area (Å²) in [7, 11) is 0. The molecule has 0 bridgehead atoms. The molecule has 7 nitrogen and oxygen atoms in total. The maximum Gasteiger partial charge on any atom is 0.321 e. The van der Waals surface area contributed by atoms with Gasteiger partial charge >= 0.3 is 5.97 Å². The van der Waals surface area contributed by atoms with Crippen LogP contribution in [-0.2, 0) is 25.5 Å². The lowest BCUT2D eigenvalue weighted by atomic mass is 9.68. The number of anilines is 1. The van der Waals surface area contributed by atoms with E-state index in [1.807, 2.05) is 60.7 Å². The minimum Gasteiger partial charge on any atom is -0.465 e. The molecule has 4 rings (SSSR count). The zero-order valence-electron chi connectivity index (χ0n) is 20.9. The van der Waals surface area contributed by atoms with Crippen molar-refractivity contribution in [2.75, 3.05) is 11.9 Å². The van der Waals surface area contributed by atoms with E-state index >= 15 is 0 Å². The van der Waals surface area contributed by atoms with Gasteiger partial charge in [0, 0.05) is 11.8 Å². The van der Waals surface area contributed by atoms with E-state index in [4.69, 9.17) is 9.47 Å². The summed E-state index contributed by atoms with van der Waals surface area (Å²) in [5, 5.41) is 5.76. The van der Waals surface area contributed by atoms with Crippen LogP contribution in [0, 0.1) is 5.41 Å². The van der Waals surface area contributed by atoms with Crippen molar-refractivity contribution in [3.63, 3.8) is 0 Å². The summed E-state index contributed by atoms with van der Waals surface area (Å²) in [5.74, 6) is -0.0777. The van der Waals surface area contributed by atoms with Crippen molar-refractivity contribution in [1.82, 2.24) is 5.32 Å². The Labute approximate surface area is 217 Å². The molecule has 1 saturated carbocycles. The summed E-state index contributed by atoms with van der Waals surface area (Å²) in [5.41, 5.74) is 0.378. The molecule has 1 unspecified atom stereocenters. The number of aryl methyl sites for hydroxylation is 1. The molecular weight excluding hydrogens is 468 g/mol. The van der Waals surface area contributed by atoms with Crippen LogP contribution in [0.3, 0.4) is 0 Å². The lowest BCUT2D eigenvalue weighted by molar-refractivity contribution is -0.167. The second-order valence-electron chi connectivity index (χ2n) is 9.14. The highest BCUT2D eigenvalue weighted by Crippen LogP contribution is 2.42. The van der Waals surface area contributed by atoms with Gasteiger partial charge in [-0.15, -0.1) is 0 Å². The van der Waals surface area contributed by atoms with Crippen LogP contribution in [-0.4, -0.2) is 30.4 Å². The number of rotatable bonds is 11. The van der Waals surface area contributed by atoms with Gasteiger partial charge in [0.15, 0.2) is 0 Å². The summed E-state index contributed by atoms with van der Waals surface area (Å²) in [6, 6.07) is 25.4. The SMILES string of the molecule is CCOC(=O)C1(C(=O)NC(CCc2ccccc2)C(=O)Nc2cccc(Oc3ccccc3)c2)CCC1. The van der Waals surface area contributed by atoms with Crippen LogP contribution in [0.5, 0.6) is 11.5 Å². The molecule has 0 heterocycles. The first-order valence-corrected chi connectivity index (χ1v) is 12.7. The summed E-state index contributed by atoms with van der Waals surface area (Å²) in [4.78, 5) is 39.3. The van der Waals surface area contributed by atoms with Crippen molar-refractivity contribution in [3.05, 3.63) is 90.5 Å². The van der Waals surface area contributed by atoms with Crippen molar-refractivity contribution in [2.24, 2.45) is 5.41 Å². The average molecular weight is 501 g/mol. The number of carbonyl (C=O) groups is 3. The van der Waals surface area contributed by atoms with Crippen LogP contribution in [0.2, 0.25) is 0 Å². The fourth-order valence-corrected chi connectivity index (χ4v) is 4.34. The molecule has 3 aromatic carbocycles. The topological polar surface area (TPSA) is 93.7 Å². The lowest BCUT2D eigenvalue weighted by Crippen LogP contribution is -2.56. The maximum absolute atomic E-state index is 13.4. The van der Waals surface area contributed by atoms with Gasteiger partial charge in [0.2, 0.25) is 11.8 Å². The molecule has 1 aliphatic rings. The van der Waals surface area contributed by atoms with E-state index in [2.05, 4.69) is 10.6 Å². The van der Waals surface area contributed by atoms with Gasteiger partial charge in [0.25, 0.3) is 0 Å². The highest BCUT2D eigenvalue weighted by Gasteiger charge is 2.52. The summed E-state index contributed by atoms with van der Waals surface area (Å²) < 4.78 is 11.1. The second kappa shape index (κ2) is 12.2. The van der Waals surface area contributed by atoms with Crippen LogP contribution < -0.4 is 15.4 Å². The van der Waals surface area contributed by atoms with E-state index in [-0.39, 0.29) is 12.5 Å². The van der Waals surface area contributed by atoms with Gasteiger partial charge in [0.1, 0.15) is 23.0 Å². The fraction of sp³-hybridized carbons (Fsp3) is 0.300. The number of para-hydroxylation sites is 1. The number of nitrogens with one attached hydrogen (secondary N) is 2. The number of benzene rings is 3. The van der Waals surface area contributed by atoms with Crippen molar-refractivity contribution in [3.8, 4) is 11.5 Å². The second-order valence-corrected chi connectivity index (χ2v) is 9.14. The molecule has 0 spiro atoms. The smallest absolute Gasteiger partial charge is 0.321 e. The third-order valence-corrected chi connectivity index (χ3v) is 6.57. The third kappa shape index (κ3) is 6.55. The highest BCUT2D eigenvalue weighted by molar-refractivity contribution is 6.06. The molecule has 1 aliphatic carbocycles.